The molecule has 0 amide bonds. The molecule has 0 radical (unpaired) electrons. The molecule has 9 heteroatoms. The van der Waals surface area contributed by atoms with Crippen molar-refractivity contribution in [3.63, 3.8) is 0 Å². The lowest BCUT2D eigenvalue weighted by Gasteiger charge is -2.07. The van der Waals surface area contributed by atoms with Crippen LogP contribution >= 0.6 is 11.6 Å². The minimum absolute atomic E-state index is 0.00215. The van der Waals surface area contributed by atoms with Crippen LogP contribution in [0.3, 0.4) is 0 Å². The fraction of sp³-hybridized carbons (Fsp3) is 0.250. The summed E-state index contributed by atoms with van der Waals surface area (Å²) in [6.45, 7) is 0.681. The van der Waals surface area contributed by atoms with Gasteiger partial charge in [0.15, 0.2) is 5.78 Å². The number of carbonyl (C=O) groups excluding carboxylic acids is 1. The van der Waals surface area contributed by atoms with Gasteiger partial charge in [-0.25, -0.2) is 15.0 Å². The van der Waals surface area contributed by atoms with Crippen molar-refractivity contribution in [1.29, 1.82) is 0 Å². The third-order valence-corrected chi connectivity index (χ3v) is 5.16. The van der Waals surface area contributed by atoms with E-state index >= 15 is 0 Å². The molecule has 0 spiro atoms. The number of fused-ring (bicyclic) bond motifs is 1. The minimum atomic E-state index is 0.00215. The summed E-state index contributed by atoms with van der Waals surface area (Å²) in [7, 11) is 5.82. The maximum absolute atomic E-state index is 12.6. The number of rotatable bonds is 7. The number of nitrogens with one attached hydrogen (secondary N) is 2. The Kier molecular flexibility index (Phi) is 6.73. The van der Waals surface area contributed by atoms with Crippen LogP contribution in [0.2, 0.25) is 5.02 Å². The van der Waals surface area contributed by atoms with Crippen LogP contribution in [0.5, 0.6) is 0 Å². The molecule has 4 rings (SSSR count). The molecule has 0 bridgehead atoms. The van der Waals surface area contributed by atoms with E-state index in [2.05, 4.69) is 37.1 Å². The summed E-state index contributed by atoms with van der Waals surface area (Å²) in [6, 6.07) is 7.30. The smallest absolute Gasteiger partial charge is 0.227 e. The van der Waals surface area contributed by atoms with Gasteiger partial charge in [-0.2, -0.15) is 0 Å². The van der Waals surface area contributed by atoms with E-state index in [1.165, 1.54) is 0 Å². The van der Waals surface area contributed by atoms with Crippen molar-refractivity contribution in [3.05, 3.63) is 53.7 Å². The molecule has 0 atom stereocenters. The number of nitrogens with zero attached hydrogens (tertiary/aromatic N) is 5. The fourth-order valence-corrected chi connectivity index (χ4v) is 3.55. The van der Waals surface area contributed by atoms with Crippen molar-refractivity contribution in [2.45, 2.75) is 12.8 Å². The van der Waals surface area contributed by atoms with E-state index < -0.39 is 0 Å². The van der Waals surface area contributed by atoms with Crippen molar-refractivity contribution in [1.82, 2.24) is 29.4 Å². The zero-order valence-electron chi connectivity index (χ0n) is 18.7. The van der Waals surface area contributed by atoms with Crippen molar-refractivity contribution < 1.29 is 4.79 Å². The molecule has 0 aliphatic heterocycles. The van der Waals surface area contributed by atoms with Crippen molar-refractivity contribution in [3.8, 4) is 23.2 Å². The number of hydrogen-bond acceptors (Lipinski definition) is 6. The van der Waals surface area contributed by atoms with Gasteiger partial charge in [-0.1, -0.05) is 17.5 Å². The molecule has 4 aromatic rings. The van der Waals surface area contributed by atoms with Crippen molar-refractivity contribution >= 4 is 39.9 Å². The first-order valence-corrected chi connectivity index (χ1v) is 10.8. The lowest BCUT2D eigenvalue weighted by atomic mass is 10.1. The summed E-state index contributed by atoms with van der Waals surface area (Å²) >= 11 is 6.49. The highest BCUT2D eigenvalue weighted by Gasteiger charge is 2.13. The number of aromatic amines is 1. The molecule has 0 saturated heterocycles. The Hall–Kier alpha value is -3.67. The molecule has 8 nitrogen and oxygen atoms in total. The Morgan fingerprint density at radius 3 is 2.82 bits per heavy atom. The van der Waals surface area contributed by atoms with Gasteiger partial charge in [0.2, 0.25) is 5.95 Å². The first-order valence-electron chi connectivity index (χ1n) is 10.4. The summed E-state index contributed by atoms with van der Waals surface area (Å²) in [6.07, 6.45) is 6.16. The Labute approximate surface area is 197 Å². The van der Waals surface area contributed by atoms with Gasteiger partial charge >= 0.3 is 0 Å². The average Bonchev–Trinajstić information content (AvgIpc) is 3.40. The zero-order chi connectivity index (χ0) is 23.4. The third-order valence-electron chi connectivity index (χ3n) is 4.86. The second-order valence-electron chi connectivity index (χ2n) is 7.93. The van der Waals surface area contributed by atoms with Crippen LogP contribution in [0.25, 0.3) is 22.3 Å². The topological polar surface area (TPSA) is 91.7 Å². The summed E-state index contributed by atoms with van der Waals surface area (Å²) in [5, 5.41) is 4.51. The van der Waals surface area contributed by atoms with E-state index in [1.807, 2.05) is 48.9 Å². The predicted molar refractivity (Wildman–Crippen MR) is 131 cm³/mol. The van der Waals surface area contributed by atoms with Crippen LogP contribution in [-0.2, 0) is 7.05 Å². The first-order chi connectivity index (χ1) is 15.9. The second-order valence-corrected chi connectivity index (χ2v) is 8.34. The molecule has 168 valence electrons. The number of anilines is 2. The lowest BCUT2D eigenvalue weighted by molar-refractivity contribution is 0.0980. The van der Waals surface area contributed by atoms with Crippen molar-refractivity contribution in [2.24, 2.45) is 7.05 Å². The normalized spacial score (nSPS) is 10.9. The van der Waals surface area contributed by atoms with Crippen LogP contribution in [0.4, 0.5) is 11.6 Å². The standard InChI is InChI=1S/C24H24ClN7O/c1-31(2)10-6-4-5-7-22(33)20-12-16-11-17(13-18(25)23(16)29-20)28-24-26-9-8-19(30-24)21-14-32(3)15-27-21/h8-9,11-15,29H,5,7,10H2,1-3H3,(H,26,28,30). The maximum Gasteiger partial charge on any atom is 0.227 e. The number of imidazole rings is 1. The molecular formula is C24H24ClN7O. The molecule has 0 aliphatic carbocycles. The molecule has 0 fully saturated rings. The summed E-state index contributed by atoms with van der Waals surface area (Å²) < 4.78 is 1.86. The predicted octanol–water partition coefficient (Wildman–Crippen LogP) is 4.28. The molecule has 1 aromatic carbocycles. The van der Waals surface area contributed by atoms with Gasteiger partial charge in [-0.3, -0.25) is 9.69 Å². The third kappa shape index (κ3) is 5.58. The number of ketones is 1. The van der Waals surface area contributed by atoms with E-state index in [9.17, 15) is 4.79 Å². The number of hydrogen-bond donors (Lipinski definition) is 2. The van der Waals surface area contributed by atoms with E-state index in [1.54, 1.807) is 24.7 Å². The van der Waals surface area contributed by atoms with Gasteiger partial charge in [0, 0.05) is 43.4 Å². The fourth-order valence-electron chi connectivity index (χ4n) is 3.27. The summed E-state index contributed by atoms with van der Waals surface area (Å²) in [4.78, 5) is 30.9. The van der Waals surface area contributed by atoms with Crippen LogP contribution in [0.1, 0.15) is 23.3 Å². The highest BCUT2D eigenvalue weighted by atomic mass is 35.5. The highest BCUT2D eigenvalue weighted by Crippen LogP contribution is 2.30. The lowest BCUT2D eigenvalue weighted by Crippen LogP contribution is -2.10. The SMILES string of the molecule is CN(C)CC#CCCC(=O)c1cc2cc(Nc3nccc(-c4cn(C)cn4)n3)cc(Cl)c2[nH]1. The molecule has 0 saturated carbocycles. The number of halogens is 1. The number of benzene rings is 1. The molecule has 0 aliphatic rings. The van der Waals surface area contributed by atoms with Crippen LogP contribution in [-0.4, -0.2) is 55.8 Å². The average molecular weight is 462 g/mol. The zero-order valence-corrected chi connectivity index (χ0v) is 19.4. The minimum Gasteiger partial charge on any atom is -0.351 e. The number of H-pyrrole nitrogens is 1. The number of aryl methyl sites for hydroxylation is 1. The van der Waals surface area contributed by atoms with E-state index in [0.717, 1.165) is 16.8 Å². The van der Waals surface area contributed by atoms with Crippen molar-refractivity contribution in [2.75, 3.05) is 26.0 Å². The Bertz CT molecular complexity index is 1360. The van der Waals surface area contributed by atoms with E-state index in [4.69, 9.17) is 11.6 Å². The van der Waals surface area contributed by atoms with E-state index in [-0.39, 0.29) is 5.78 Å². The van der Waals surface area contributed by atoms with E-state index in [0.29, 0.717) is 47.3 Å². The molecule has 2 N–H and O–H groups in total. The molecule has 33 heavy (non-hydrogen) atoms. The highest BCUT2D eigenvalue weighted by molar-refractivity contribution is 6.35. The first kappa shape index (κ1) is 22.5. The Morgan fingerprint density at radius 2 is 2.06 bits per heavy atom. The van der Waals surface area contributed by atoms with Gasteiger partial charge in [-0.05, 0) is 38.4 Å². The largest absolute Gasteiger partial charge is 0.351 e. The molecule has 0 unspecified atom stereocenters. The molecule has 3 heterocycles. The summed E-state index contributed by atoms with van der Waals surface area (Å²) in [5.41, 5.74) is 3.43. The summed E-state index contributed by atoms with van der Waals surface area (Å²) in [5.74, 6) is 6.50. The number of aromatic nitrogens is 5. The molecular weight excluding hydrogens is 438 g/mol. The van der Waals surface area contributed by atoms with Crippen LogP contribution in [0.15, 0.2) is 43.0 Å². The monoisotopic (exact) mass is 461 g/mol. The van der Waals surface area contributed by atoms with Gasteiger partial charge in [0.25, 0.3) is 0 Å². The number of Topliss-reactive ketones (excluding diaryl/α,β-unsaturated/α-hetero) is 1. The van der Waals surface area contributed by atoms with Crippen LogP contribution < -0.4 is 5.32 Å². The van der Waals surface area contributed by atoms with Gasteiger partial charge in [0.05, 0.1) is 34.8 Å². The Balaban J connectivity index is 1.50. The van der Waals surface area contributed by atoms with Gasteiger partial charge in [-0.15, -0.1) is 5.92 Å². The van der Waals surface area contributed by atoms with Gasteiger partial charge < -0.3 is 14.9 Å². The number of carbonyl (C=O) groups is 1. The maximum atomic E-state index is 12.6. The van der Waals surface area contributed by atoms with Crippen LogP contribution in [0, 0.1) is 11.8 Å². The quantitative estimate of drug-likeness (QED) is 0.315. The Morgan fingerprint density at radius 1 is 1.21 bits per heavy atom. The van der Waals surface area contributed by atoms with Gasteiger partial charge in [0.1, 0.15) is 5.69 Å². The molecule has 3 aromatic heterocycles. The second kappa shape index (κ2) is 9.86.